The van der Waals surface area contributed by atoms with Crippen LogP contribution in [-0.4, -0.2) is 20.1 Å². The van der Waals surface area contributed by atoms with Crippen molar-refractivity contribution in [1.29, 1.82) is 0 Å². The fraction of sp³-hybridized carbons (Fsp3) is 0.333. The monoisotopic (exact) mass is 235 g/mol. The van der Waals surface area contributed by atoms with Gasteiger partial charge in [0, 0.05) is 11.6 Å². The van der Waals surface area contributed by atoms with E-state index in [1.807, 2.05) is 13.8 Å². The number of hydrogen-bond donors (Lipinski definition) is 1. The van der Waals surface area contributed by atoms with Gasteiger partial charge in [0.25, 0.3) is 0 Å². The number of benzene rings is 1. The predicted molar refractivity (Wildman–Crippen MR) is 61.7 cm³/mol. The van der Waals surface area contributed by atoms with Gasteiger partial charge in [-0.15, -0.1) is 5.10 Å². The normalized spacial score (nSPS) is 11.1. The summed E-state index contributed by atoms with van der Waals surface area (Å²) in [6, 6.07) is 6.30. The third-order valence-corrected chi connectivity index (χ3v) is 2.50. The van der Waals surface area contributed by atoms with E-state index in [2.05, 4.69) is 10.3 Å². The van der Waals surface area contributed by atoms with Crippen LogP contribution in [0.4, 0.5) is 4.39 Å². The number of rotatable bonds is 3. The summed E-state index contributed by atoms with van der Waals surface area (Å²) in [6.45, 7) is 3.70. The van der Waals surface area contributed by atoms with Crippen LogP contribution < -0.4 is 0 Å². The maximum atomic E-state index is 13.2. The molecular weight excluding hydrogens is 221 g/mol. The maximum absolute atomic E-state index is 13.2. The van der Waals surface area contributed by atoms with Crippen LogP contribution >= 0.6 is 0 Å². The van der Waals surface area contributed by atoms with E-state index in [-0.39, 0.29) is 18.5 Å². The van der Waals surface area contributed by atoms with Gasteiger partial charge in [0.15, 0.2) is 0 Å². The van der Waals surface area contributed by atoms with Crippen molar-refractivity contribution in [3.63, 3.8) is 0 Å². The Balaban J connectivity index is 2.60. The zero-order valence-corrected chi connectivity index (χ0v) is 9.76. The molecule has 0 saturated carbocycles. The molecule has 0 unspecified atom stereocenters. The van der Waals surface area contributed by atoms with Crippen LogP contribution in [0.5, 0.6) is 0 Å². The van der Waals surface area contributed by atoms with Crippen molar-refractivity contribution in [1.82, 2.24) is 15.0 Å². The second-order valence-electron chi connectivity index (χ2n) is 4.09. The molecule has 0 bridgehead atoms. The summed E-state index contributed by atoms with van der Waals surface area (Å²) in [5.74, 6) is -0.317. The van der Waals surface area contributed by atoms with E-state index in [0.717, 1.165) is 0 Å². The molecule has 1 aromatic heterocycles. The summed E-state index contributed by atoms with van der Waals surface area (Å²) >= 11 is 0. The Morgan fingerprint density at radius 3 is 2.76 bits per heavy atom. The Morgan fingerprint density at radius 2 is 2.18 bits per heavy atom. The molecule has 2 rings (SSSR count). The van der Waals surface area contributed by atoms with Crippen LogP contribution in [-0.2, 0) is 6.61 Å². The highest BCUT2D eigenvalue weighted by atomic mass is 19.1. The smallest absolute Gasteiger partial charge is 0.123 e. The SMILES string of the molecule is CC(C)n1nnc(CO)c1-c1cccc(F)c1. The van der Waals surface area contributed by atoms with Crippen molar-refractivity contribution < 1.29 is 9.50 Å². The quantitative estimate of drug-likeness (QED) is 0.886. The second kappa shape index (κ2) is 4.63. The van der Waals surface area contributed by atoms with Crippen LogP contribution in [0.1, 0.15) is 25.6 Å². The van der Waals surface area contributed by atoms with Crippen molar-refractivity contribution in [3.8, 4) is 11.3 Å². The molecule has 0 spiro atoms. The van der Waals surface area contributed by atoms with Crippen molar-refractivity contribution in [2.24, 2.45) is 0 Å². The molecule has 4 nitrogen and oxygen atoms in total. The van der Waals surface area contributed by atoms with E-state index < -0.39 is 0 Å². The summed E-state index contributed by atoms with van der Waals surface area (Å²) in [6.07, 6.45) is 0. The fourth-order valence-electron chi connectivity index (χ4n) is 1.73. The van der Waals surface area contributed by atoms with E-state index in [1.165, 1.54) is 12.1 Å². The molecule has 2 aromatic rings. The average Bonchev–Trinajstić information content (AvgIpc) is 2.72. The number of hydrogen-bond acceptors (Lipinski definition) is 3. The number of aliphatic hydroxyl groups is 1. The minimum atomic E-state index is -0.317. The summed E-state index contributed by atoms with van der Waals surface area (Å²) in [5.41, 5.74) is 1.80. The van der Waals surface area contributed by atoms with Crippen LogP contribution in [0.15, 0.2) is 24.3 Å². The highest BCUT2D eigenvalue weighted by Gasteiger charge is 2.16. The number of halogens is 1. The lowest BCUT2D eigenvalue weighted by atomic mass is 10.1. The first kappa shape index (κ1) is 11.7. The summed E-state index contributed by atoms with van der Waals surface area (Å²) < 4.78 is 14.9. The van der Waals surface area contributed by atoms with Crippen molar-refractivity contribution >= 4 is 0 Å². The molecule has 0 saturated heterocycles. The minimum absolute atomic E-state index is 0.0982. The third kappa shape index (κ3) is 2.19. The molecule has 0 aliphatic rings. The van der Waals surface area contributed by atoms with E-state index in [4.69, 9.17) is 0 Å². The zero-order chi connectivity index (χ0) is 12.4. The number of aromatic nitrogens is 3. The lowest BCUT2D eigenvalue weighted by Gasteiger charge is -2.10. The van der Waals surface area contributed by atoms with Gasteiger partial charge in [-0.25, -0.2) is 9.07 Å². The molecular formula is C12H14FN3O. The fourth-order valence-corrected chi connectivity index (χ4v) is 1.73. The average molecular weight is 235 g/mol. The summed E-state index contributed by atoms with van der Waals surface area (Å²) in [5, 5.41) is 17.1. The first-order valence-electron chi connectivity index (χ1n) is 5.44. The lowest BCUT2D eigenvalue weighted by molar-refractivity contribution is 0.277. The summed E-state index contributed by atoms with van der Waals surface area (Å²) in [4.78, 5) is 0. The molecule has 1 N–H and O–H groups in total. The molecule has 0 atom stereocenters. The topological polar surface area (TPSA) is 50.9 Å². The molecule has 0 radical (unpaired) electrons. The van der Waals surface area contributed by atoms with Crippen molar-refractivity contribution in [2.75, 3.05) is 0 Å². The third-order valence-electron chi connectivity index (χ3n) is 2.50. The van der Waals surface area contributed by atoms with Gasteiger partial charge in [-0.1, -0.05) is 17.3 Å². The van der Waals surface area contributed by atoms with Gasteiger partial charge in [0.1, 0.15) is 11.5 Å². The molecule has 0 amide bonds. The van der Waals surface area contributed by atoms with E-state index >= 15 is 0 Å². The molecule has 17 heavy (non-hydrogen) atoms. The Hall–Kier alpha value is -1.75. The first-order valence-corrected chi connectivity index (χ1v) is 5.44. The molecule has 0 aliphatic heterocycles. The van der Waals surface area contributed by atoms with Crippen LogP contribution in [0, 0.1) is 5.82 Å². The van der Waals surface area contributed by atoms with Gasteiger partial charge in [0.05, 0.1) is 12.3 Å². The van der Waals surface area contributed by atoms with Crippen LogP contribution in [0.3, 0.4) is 0 Å². The van der Waals surface area contributed by atoms with Crippen LogP contribution in [0.25, 0.3) is 11.3 Å². The number of nitrogens with zero attached hydrogens (tertiary/aromatic N) is 3. The second-order valence-corrected chi connectivity index (χ2v) is 4.09. The Morgan fingerprint density at radius 1 is 1.41 bits per heavy atom. The minimum Gasteiger partial charge on any atom is -0.390 e. The zero-order valence-electron chi connectivity index (χ0n) is 9.76. The number of aliphatic hydroxyl groups excluding tert-OH is 1. The molecule has 1 aromatic carbocycles. The Bertz CT molecular complexity index is 522. The highest BCUT2D eigenvalue weighted by Crippen LogP contribution is 2.25. The molecule has 0 fully saturated rings. The Kier molecular flexibility index (Phi) is 3.19. The van der Waals surface area contributed by atoms with Gasteiger partial charge in [0.2, 0.25) is 0 Å². The van der Waals surface area contributed by atoms with Gasteiger partial charge in [-0.3, -0.25) is 0 Å². The summed E-state index contributed by atoms with van der Waals surface area (Å²) in [7, 11) is 0. The van der Waals surface area contributed by atoms with Gasteiger partial charge < -0.3 is 5.11 Å². The van der Waals surface area contributed by atoms with Gasteiger partial charge in [-0.05, 0) is 26.0 Å². The van der Waals surface area contributed by atoms with E-state index in [1.54, 1.807) is 16.8 Å². The van der Waals surface area contributed by atoms with Gasteiger partial charge >= 0.3 is 0 Å². The molecule has 1 heterocycles. The Labute approximate surface area is 98.7 Å². The molecule has 90 valence electrons. The lowest BCUT2D eigenvalue weighted by Crippen LogP contribution is -2.05. The largest absolute Gasteiger partial charge is 0.390 e. The standard InChI is InChI=1S/C12H14FN3O/c1-8(2)16-12(11(7-17)14-15-16)9-4-3-5-10(13)6-9/h3-6,8,17H,7H2,1-2H3. The van der Waals surface area contributed by atoms with Crippen LogP contribution in [0.2, 0.25) is 0 Å². The molecule has 5 heteroatoms. The van der Waals surface area contributed by atoms with Crippen molar-refractivity contribution in [2.45, 2.75) is 26.5 Å². The highest BCUT2D eigenvalue weighted by molar-refractivity contribution is 5.61. The van der Waals surface area contributed by atoms with Crippen molar-refractivity contribution in [3.05, 3.63) is 35.8 Å². The maximum Gasteiger partial charge on any atom is 0.123 e. The van der Waals surface area contributed by atoms with Gasteiger partial charge in [-0.2, -0.15) is 0 Å². The molecule has 0 aliphatic carbocycles. The van der Waals surface area contributed by atoms with E-state index in [0.29, 0.717) is 17.0 Å². The first-order chi connectivity index (χ1) is 8.13. The van der Waals surface area contributed by atoms with E-state index in [9.17, 15) is 9.50 Å². The predicted octanol–water partition coefficient (Wildman–Crippen LogP) is 2.16.